The Bertz CT molecular complexity index is 922. The third-order valence-electron chi connectivity index (χ3n) is 3.99. The number of carbonyl (C=O) groups excluding carboxylic acids is 1. The monoisotopic (exact) mass is 337 g/mol. The summed E-state index contributed by atoms with van der Waals surface area (Å²) in [4.78, 5) is 28.5. The van der Waals surface area contributed by atoms with Gasteiger partial charge in [0, 0.05) is 19.5 Å². The molecule has 0 fully saturated rings. The molecule has 1 unspecified atom stereocenters. The van der Waals surface area contributed by atoms with E-state index in [0.29, 0.717) is 10.9 Å². The summed E-state index contributed by atoms with van der Waals surface area (Å²) in [6, 6.07) is 16.2. The highest BCUT2D eigenvalue weighted by molar-refractivity contribution is 5.77. The van der Waals surface area contributed by atoms with E-state index in [1.54, 1.807) is 30.3 Å². The van der Waals surface area contributed by atoms with Gasteiger partial charge in [-0.2, -0.15) is 0 Å². The molecule has 0 radical (unpaired) electrons. The molecule has 0 spiro atoms. The smallest absolute Gasteiger partial charge is 0.261 e. The number of fused-ring (bicyclic) bond motifs is 1. The molecule has 0 bridgehead atoms. The molecule has 0 saturated heterocycles. The summed E-state index contributed by atoms with van der Waals surface area (Å²) in [5.74, 6) is -0.227. The molecule has 0 aliphatic heterocycles. The van der Waals surface area contributed by atoms with Crippen LogP contribution in [0.15, 0.2) is 65.7 Å². The molecule has 6 nitrogen and oxygen atoms in total. The van der Waals surface area contributed by atoms with Gasteiger partial charge in [-0.1, -0.05) is 42.5 Å². The molecule has 25 heavy (non-hydrogen) atoms. The molecule has 2 N–H and O–H groups in total. The minimum atomic E-state index is -0.754. The fourth-order valence-electron chi connectivity index (χ4n) is 2.58. The number of aliphatic hydroxyl groups is 1. The normalized spacial score (nSPS) is 12.0. The molecular weight excluding hydrogens is 318 g/mol. The Morgan fingerprint density at radius 1 is 1.12 bits per heavy atom. The second-order valence-corrected chi connectivity index (χ2v) is 5.74. The van der Waals surface area contributed by atoms with Crippen LogP contribution in [0.5, 0.6) is 0 Å². The quantitative estimate of drug-likeness (QED) is 0.716. The number of amides is 1. The van der Waals surface area contributed by atoms with Crippen LogP contribution in [0, 0.1) is 0 Å². The summed E-state index contributed by atoms with van der Waals surface area (Å²) < 4.78 is 1.43. The van der Waals surface area contributed by atoms with Gasteiger partial charge in [-0.15, -0.1) is 0 Å². The number of carbonyl (C=O) groups is 1. The molecule has 2 aromatic carbocycles. The molecule has 128 valence electrons. The topological polar surface area (TPSA) is 84.2 Å². The van der Waals surface area contributed by atoms with Gasteiger partial charge in [0.15, 0.2) is 0 Å². The number of nitrogens with zero attached hydrogens (tertiary/aromatic N) is 2. The summed E-state index contributed by atoms with van der Waals surface area (Å²) >= 11 is 0. The van der Waals surface area contributed by atoms with Crippen LogP contribution in [-0.4, -0.2) is 27.1 Å². The van der Waals surface area contributed by atoms with Crippen molar-refractivity contribution in [2.24, 2.45) is 0 Å². The maximum Gasteiger partial charge on any atom is 0.261 e. The number of nitrogens with one attached hydrogen (secondary N) is 1. The van der Waals surface area contributed by atoms with Crippen LogP contribution in [0.4, 0.5) is 0 Å². The van der Waals surface area contributed by atoms with Crippen molar-refractivity contribution in [2.45, 2.75) is 19.1 Å². The van der Waals surface area contributed by atoms with Gasteiger partial charge in [-0.25, -0.2) is 4.98 Å². The molecule has 0 saturated carbocycles. The van der Waals surface area contributed by atoms with Crippen molar-refractivity contribution in [3.05, 3.63) is 76.8 Å². The van der Waals surface area contributed by atoms with E-state index < -0.39 is 6.10 Å². The van der Waals surface area contributed by atoms with Crippen molar-refractivity contribution in [3.63, 3.8) is 0 Å². The van der Waals surface area contributed by atoms with Gasteiger partial charge in [0.05, 0.1) is 23.3 Å². The number of rotatable bonds is 6. The average molecular weight is 337 g/mol. The number of aliphatic hydroxyl groups excluding tert-OH is 1. The molecule has 1 heterocycles. The number of hydrogen-bond acceptors (Lipinski definition) is 4. The first kappa shape index (κ1) is 16.9. The highest BCUT2D eigenvalue weighted by atomic mass is 16.3. The Labute approximate surface area is 144 Å². The van der Waals surface area contributed by atoms with Crippen molar-refractivity contribution in [3.8, 4) is 0 Å². The predicted octanol–water partition coefficient (Wildman–Crippen LogP) is 1.64. The Morgan fingerprint density at radius 3 is 2.64 bits per heavy atom. The van der Waals surface area contributed by atoms with Crippen LogP contribution < -0.4 is 10.9 Å². The first-order chi connectivity index (χ1) is 12.1. The van der Waals surface area contributed by atoms with E-state index in [4.69, 9.17) is 0 Å². The van der Waals surface area contributed by atoms with E-state index in [1.807, 2.05) is 24.3 Å². The van der Waals surface area contributed by atoms with E-state index >= 15 is 0 Å². The fraction of sp³-hybridized carbons (Fsp3) is 0.211. The van der Waals surface area contributed by atoms with Gasteiger partial charge in [-0.3, -0.25) is 14.2 Å². The summed E-state index contributed by atoms with van der Waals surface area (Å²) in [7, 11) is 0. The minimum absolute atomic E-state index is 0.133. The van der Waals surface area contributed by atoms with Crippen molar-refractivity contribution in [1.82, 2.24) is 14.9 Å². The van der Waals surface area contributed by atoms with E-state index in [0.717, 1.165) is 5.56 Å². The molecule has 1 aromatic heterocycles. The molecule has 1 amide bonds. The molecular formula is C19H19N3O3. The number of para-hydroxylation sites is 1. The van der Waals surface area contributed by atoms with Crippen LogP contribution in [0.1, 0.15) is 18.1 Å². The van der Waals surface area contributed by atoms with Crippen molar-refractivity contribution < 1.29 is 9.90 Å². The lowest BCUT2D eigenvalue weighted by Crippen LogP contribution is -2.30. The van der Waals surface area contributed by atoms with Crippen molar-refractivity contribution in [1.29, 1.82) is 0 Å². The number of aryl methyl sites for hydroxylation is 1. The second kappa shape index (κ2) is 7.72. The maximum absolute atomic E-state index is 12.3. The summed E-state index contributed by atoms with van der Waals surface area (Å²) in [5, 5.41) is 13.3. The Kier molecular flexibility index (Phi) is 5.20. The third kappa shape index (κ3) is 4.10. The average Bonchev–Trinajstić information content (AvgIpc) is 2.66. The van der Waals surface area contributed by atoms with Crippen LogP contribution in [0.3, 0.4) is 0 Å². The third-order valence-corrected chi connectivity index (χ3v) is 3.99. The Hall–Kier alpha value is -2.99. The number of benzene rings is 2. The van der Waals surface area contributed by atoms with E-state index in [9.17, 15) is 14.7 Å². The zero-order valence-corrected chi connectivity index (χ0v) is 13.6. The lowest BCUT2D eigenvalue weighted by molar-refractivity contribution is -0.121. The molecule has 6 heteroatoms. The van der Waals surface area contributed by atoms with Gasteiger partial charge in [0.25, 0.3) is 5.56 Å². The van der Waals surface area contributed by atoms with Crippen molar-refractivity contribution >= 4 is 16.8 Å². The summed E-state index contributed by atoms with van der Waals surface area (Å²) in [6.45, 7) is 0.373. The molecule has 1 atom stereocenters. The van der Waals surface area contributed by atoms with Gasteiger partial charge < -0.3 is 10.4 Å². The Balaban J connectivity index is 1.56. The van der Waals surface area contributed by atoms with Gasteiger partial charge in [-0.05, 0) is 17.7 Å². The number of aromatic nitrogens is 2. The summed E-state index contributed by atoms with van der Waals surface area (Å²) in [6.07, 6.45) is 0.841. The molecule has 0 aliphatic rings. The van der Waals surface area contributed by atoms with Crippen LogP contribution in [0.25, 0.3) is 10.9 Å². The SMILES string of the molecule is O=C(CCn1cnc2ccccc2c1=O)NCC(O)c1ccccc1. The van der Waals surface area contributed by atoms with Crippen LogP contribution in [-0.2, 0) is 11.3 Å². The zero-order valence-electron chi connectivity index (χ0n) is 13.6. The largest absolute Gasteiger partial charge is 0.387 e. The lowest BCUT2D eigenvalue weighted by Gasteiger charge is -2.12. The van der Waals surface area contributed by atoms with Crippen LogP contribution >= 0.6 is 0 Å². The van der Waals surface area contributed by atoms with E-state index in [1.165, 1.54) is 10.9 Å². The van der Waals surface area contributed by atoms with Gasteiger partial charge in [0.2, 0.25) is 5.91 Å². The first-order valence-corrected chi connectivity index (χ1v) is 8.09. The van der Waals surface area contributed by atoms with Crippen LogP contribution in [0.2, 0.25) is 0 Å². The van der Waals surface area contributed by atoms with Crippen molar-refractivity contribution in [2.75, 3.05) is 6.54 Å². The molecule has 0 aliphatic carbocycles. The van der Waals surface area contributed by atoms with E-state index in [2.05, 4.69) is 10.3 Å². The first-order valence-electron chi connectivity index (χ1n) is 8.09. The standard InChI is InChI=1S/C19H19N3O3/c23-17(14-6-2-1-3-7-14)12-20-18(24)10-11-22-13-21-16-9-5-4-8-15(16)19(22)25/h1-9,13,17,23H,10-12H2,(H,20,24). The highest BCUT2D eigenvalue weighted by Crippen LogP contribution is 2.10. The Morgan fingerprint density at radius 2 is 1.84 bits per heavy atom. The fourth-order valence-corrected chi connectivity index (χ4v) is 2.58. The van der Waals surface area contributed by atoms with Gasteiger partial charge >= 0.3 is 0 Å². The maximum atomic E-state index is 12.3. The second-order valence-electron chi connectivity index (χ2n) is 5.74. The van der Waals surface area contributed by atoms with E-state index in [-0.39, 0.29) is 31.0 Å². The molecule has 3 aromatic rings. The lowest BCUT2D eigenvalue weighted by atomic mass is 10.1. The predicted molar refractivity (Wildman–Crippen MR) is 95.0 cm³/mol. The highest BCUT2D eigenvalue weighted by Gasteiger charge is 2.10. The van der Waals surface area contributed by atoms with Gasteiger partial charge in [0.1, 0.15) is 0 Å². The zero-order chi connectivity index (χ0) is 17.6. The number of hydrogen-bond donors (Lipinski definition) is 2. The molecule has 3 rings (SSSR count). The minimum Gasteiger partial charge on any atom is -0.387 e. The summed E-state index contributed by atoms with van der Waals surface area (Å²) in [5.41, 5.74) is 1.22.